The summed E-state index contributed by atoms with van der Waals surface area (Å²) in [4.78, 5) is 40.4. The van der Waals surface area contributed by atoms with Gasteiger partial charge < -0.3 is 9.88 Å². The van der Waals surface area contributed by atoms with Crippen molar-refractivity contribution in [3.05, 3.63) is 62.9 Å². The molecule has 8 heteroatoms. The monoisotopic (exact) mass is 339 g/mol. The van der Waals surface area contributed by atoms with E-state index in [0.717, 1.165) is 11.0 Å². The number of carbonyl (C=O) groups is 1. The molecule has 0 saturated carbocycles. The van der Waals surface area contributed by atoms with Gasteiger partial charge in [0.05, 0.1) is 11.0 Å². The third-order valence-corrected chi connectivity index (χ3v) is 4.64. The summed E-state index contributed by atoms with van der Waals surface area (Å²) in [6.45, 7) is 1.08. The number of para-hydroxylation sites is 2. The number of aromatic amines is 2. The number of imidazole rings is 1. The van der Waals surface area contributed by atoms with Gasteiger partial charge in [-0.05, 0) is 31.0 Å². The fourth-order valence-corrected chi connectivity index (χ4v) is 3.39. The maximum Gasteiger partial charge on any atom is 0.326 e. The molecule has 0 aliphatic carbocycles. The highest BCUT2D eigenvalue weighted by Crippen LogP contribution is 2.25. The Hall–Kier alpha value is -3.16. The molecule has 0 radical (unpaired) electrons. The lowest BCUT2D eigenvalue weighted by atomic mass is 10.0. The zero-order valence-electron chi connectivity index (χ0n) is 13.4. The van der Waals surface area contributed by atoms with Crippen LogP contribution >= 0.6 is 0 Å². The largest absolute Gasteiger partial charge is 0.337 e. The Morgan fingerprint density at radius 2 is 1.84 bits per heavy atom. The number of rotatable bonds is 2. The van der Waals surface area contributed by atoms with Crippen LogP contribution in [0.15, 0.2) is 46.0 Å². The number of hydrogen-bond acceptors (Lipinski definition) is 4. The van der Waals surface area contributed by atoms with Crippen LogP contribution in [0, 0.1) is 0 Å². The highest BCUT2D eigenvalue weighted by molar-refractivity contribution is 5.92. The second-order valence-electron chi connectivity index (χ2n) is 6.15. The average molecular weight is 339 g/mol. The van der Waals surface area contributed by atoms with Crippen molar-refractivity contribution in [3.63, 3.8) is 0 Å². The van der Waals surface area contributed by atoms with Gasteiger partial charge >= 0.3 is 5.69 Å². The molecule has 3 heterocycles. The summed E-state index contributed by atoms with van der Waals surface area (Å²) in [5.74, 6) is -0.207. The van der Waals surface area contributed by atoms with Crippen LogP contribution < -0.4 is 11.2 Å². The van der Waals surface area contributed by atoms with E-state index in [4.69, 9.17) is 0 Å². The predicted octanol–water partition coefficient (Wildman–Crippen LogP) is 0.890. The van der Waals surface area contributed by atoms with Crippen LogP contribution in [0.5, 0.6) is 0 Å². The van der Waals surface area contributed by atoms with E-state index in [9.17, 15) is 14.4 Å². The summed E-state index contributed by atoms with van der Waals surface area (Å²) in [5.41, 5.74) is 1.48. The number of aromatic nitrogens is 4. The smallest absolute Gasteiger partial charge is 0.326 e. The van der Waals surface area contributed by atoms with E-state index in [-0.39, 0.29) is 28.9 Å². The lowest BCUT2D eigenvalue weighted by Gasteiger charge is -2.32. The van der Waals surface area contributed by atoms with Crippen molar-refractivity contribution in [1.29, 1.82) is 0 Å². The van der Waals surface area contributed by atoms with Gasteiger partial charge in [0.15, 0.2) is 0 Å². The molecule has 1 aliphatic rings. The first kappa shape index (κ1) is 15.4. The second kappa shape index (κ2) is 6.04. The van der Waals surface area contributed by atoms with Gasteiger partial charge in [0.1, 0.15) is 5.69 Å². The van der Waals surface area contributed by atoms with E-state index >= 15 is 0 Å². The standard InChI is InChI=1S/C17H17N5O3/c23-15-6-5-13(19-20-15)16(24)21-9-7-11(8-10-21)22-14-4-2-1-3-12(14)18-17(22)25/h1-6,11H,7-10H2,(H,18,25)(H,20,23). The molecule has 0 unspecified atom stereocenters. The maximum atomic E-state index is 12.5. The molecule has 128 valence electrons. The van der Waals surface area contributed by atoms with Crippen molar-refractivity contribution >= 4 is 16.9 Å². The third-order valence-electron chi connectivity index (χ3n) is 4.64. The topological polar surface area (TPSA) is 104 Å². The SMILES string of the molecule is O=C(c1ccc(=O)[nH]n1)N1CCC(n2c(=O)[nH]c3ccccc32)CC1. The lowest BCUT2D eigenvalue weighted by Crippen LogP contribution is -2.41. The summed E-state index contributed by atoms with van der Waals surface area (Å²) in [5, 5.41) is 6.06. The Kier molecular flexibility index (Phi) is 3.72. The minimum absolute atomic E-state index is 0.0521. The van der Waals surface area contributed by atoms with Gasteiger partial charge in [-0.2, -0.15) is 5.10 Å². The van der Waals surface area contributed by atoms with Crippen LogP contribution in [0.25, 0.3) is 11.0 Å². The summed E-state index contributed by atoms with van der Waals surface area (Å²) in [6.07, 6.45) is 1.38. The average Bonchev–Trinajstić information content (AvgIpc) is 2.97. The van der Waals surface area contributed by atoms with Crippen LogP contribution in [0.4, 0.5) is 0 Å². The van der Waals surface area contributed by atoms with Gasteiger partial charge in [-0.15, -0.1) is 0 Å². The molecule has 4 rings (SSSR count). The van der Waals surface area contributed by atoms with Crippen molar-refractivity contribution in [2.75, 3.05) is 13.1 Å². The van der Waals surface area contributed by atoms with E-state index in [1.54, 1.807) is 9.47 Å². The van der Waals surface area contributed by atoms with Crippen LogP contribution in [0.2, 0.25) is 0 Å². The first-order valence-corrected chi connectivity index (χ1v) is 8.18. The van der Waals surface area contributed by atoms with Crippen molar-refractivity contribution in [2.24, 2.45) is 0 Å². The molecule has 25 heavy (non-hydrogen) atoms. The zero-order valence-corrected chi connectivity index (χ0v) is 13.4. The summed E-state index contributed by atoms with van der Waals surface area (Å²) in [6, 6.07) is 10.4. The van der Waals surface area contributed by atoms with Crippen LogP contribution in [0.1, 0.15) is 29.4 Å². The molecule has 0 spiro atoms. The molecule has 2 aromatic heterocycles. The summed E-state index contributed by atoms with van der Waals surface area (Å²) >= 11 is 0. The number of hydrogen-bond donors (Lipinski definition) is 2. The van der Waals surface area contributed by atoms with Gasteiger partial charge in [-0.1, -0.05) is 12.1 Å². The highest BCUT2D eigenvalue weighted by Gasteiger charge is 2.27. The quantitative estimate of drug-likeness (QED) is 0.723. The first-order valence-electron chi connectivity index (χ1n) is 8.18. The fourth-order valence-electron chi connectivity index (χ4n) is 3.39. The van der Waals surface area contributed by atoms with E-state index in [1.807, 2.05) is 24.3 Å². The number of nitrogens with one attached hydrogen (secondary N) is 2. The molecule has 1 fully saturated rings. The van der Waals surface area contributed by atoms with Crippen LogP contribution in [0.3, 0.4) is 0 Å². The summed E-state index contributed by atoms with van der Waals surface area (Å²) < 4.78 is 1.79. The lowest BCUT2D eigenvalue weighted by molar-refractivity contribution is 0.0687. The number of carbonyl (C=O) groups excluding carboxylic acids is 1. The normalized spacial score (nSPS) is 15.6. The van der Waals surface area contributed by atoms with Gasteiger partial charge in [-0.3, -0.25) is 14.2 Å². The third kappa shape index (κ3) is 2.75. The number of fused-ring (bicyclic) bond motifs is 1. The number of H-pyrrole nitrogens is 2. The van der Waals surface area contributed by atoms with Crippen molar-refractivity contribution < 1.29 is 4.79 Å². The first-order chi connectivity index (χ1) is 12.1. The molecule has 1 aromatic carbocycles. The van der Waals surface area contributed by atoms with Gasteiger partial charge in [0, 0.05) is 25.2 Å². The molecule has 1 saturated heterocycles. The minimum atomic E-state index is -0.339. The molecular weight excluding hydrogens is 322 g/mol. The molecule has 3 aromatic rings. The van der Waals surface area contributed by atoms with Gasteiger partial charge in [0.25, 0.3) is 11.5 Å². The summed E-state index contributed by atoms with van der Waals surface area (Å²) in [7, 11) is 0. The van der Waals surface area contributed by atoms with Crippen molar-refractivity contribution in [1.82, 2.24) is 24.6 Å². The molecule has 0 bridgehead atoms. The number of benzene rings is 1. The van der Waals surface area contributed by atoms with Crippen LogP contribution in [-0.4, -0.2) is 43.6 Å². The number of nitrogens with zero attached hydrogens (tertiary/aromatic N) is 3. The van der Waals surface area contributed by atoms with E-state index in [2.05, 4.69) is 15.2 Å². The molecule has 0 atom stereocenters. The molecular formula is C17H17N5O3. The minimum Gasteiger partial charge on any atom is -0.337 e. The predicted molar refractivity (Wildman–Crippen MR) is 91.6 cm³/mol. The second-order valence-corrected chi connectivity index (χ2v) is 6.15. The van der Waals surface area contributed by atoms with Gasteiger partial charge in [0.2, 0.25) is 0 Å². The number of amides is 1. The Morgan fingerprint density at radius 3 is 2.56 bits per heavy atom. The fraction of sp³-hybridized carbons (Fsp3) is 0.294. The highest BCUT2D eigenvalue weighted by atomic mass is 16.2. The Bertz CT molecular complexity index is 1020. The van der Waals surface area contributed by atoms with E-state index in [1.165, 1.54) is 12.1 Å². The number of piperidine rings is 1. The molecule has 8 nitrogen and oxygen atoms in total. The molecule has 1 aliphatic heterocycles. The van der Waals surface area contributed by atoms with E-state index in [0.29, 0.717) is 25.9 Å². The Morgan fingerprint density at radius 1 is 1.08 bits per heavy atom. The Balaban J connectivity index is 1.52. The molecule has 1 amide bonds. The number of likely N-dealkylation sites (tertiary alicyclic amines) is 1. The van der Waals surface area contributed by atoms with Crippen LogP contribution in [-0.2, 0) is 0 Å². The Labute approximate surface area is 142 Å². The molecule has 2 N–H and O–H groups in total. The van der Waals surface area contributed by atoms with Gasteiger partial charge in [-0.25, -0.2) is 9.89 Å². The maximum absolute atomic E-state index is 12.5. The van der Waals surface area contributed by atoms with Crippen molar-refractivity contribution in [3.8, 4) is 0 Å². The van der Waals surface area contributed by atoms with E-state index < -0.39 is 0 Å². The van der Waals surface area contributed by atoms with Crippen molar-refractivity contribution in [2.45, 2.75) is 18.9 Å². The zero-order chi connectivity index (χ0) is 17.4.